The van der Waals surface area contributed by atoms with Crippen LogP contribution in [0.25, 0.3) is 0 Å². The maximum absolute atomic E-state index is 10.6. The maximum Gasteiger partial charge on any atom is 0.302 e. The van der Waals surface area contributed by atoms with Gasteiger partial charge in [-0.2, -0.15) is 0 Å². The van der Waals surface area contributed by atoms with E-state index in [0.29, 0.717) is 0 Å². The molecule has 0 radical (unpaired) electrons. The van der Waals surface area contributed by atoms with Crippen LogP contribution < -0.4 is 0 Å². The van der Waals surface area contributed by atoms with Gasteiger partial charge in [0.1, 0.15) is 0 Å². The van der Waals surface area contributed by atoms with Crippen molar-refractivity contribution in [1.82, 2.24) is 0 Å². The van der Waals surface area contributed by atoms with Crippen molar-refractivity contribution < 1.29 is 9.53 Å². The Labute approximate surface area is 93.7 Å². The molecule has 15 heavy (non-hydrogen) atoms. The summed E-state index contributed by atoms with van der Waals surface area (Å²) in [5.74, 6) is -0.173. The Balaban J connectivity index is 3.16. The molecule has 0 aliphatic carbocycles. The topological polar surface area (TPSA) is 26.3 Å². The predicted octanol–water partition coefficient (Wildman–Crippen LogP) is 3.85. The standard InChI is InChI=1S/C13H24O2/c1-4-5-6-7-8-9-10-11-12(2)15-13(3)14/h4,12H,1,5-11H2,2-3H3/t12-/m1/s1. The molecule has 0 rings (SSSR count). The first kappa shape index (κ1) is 14.2. The lowest BCUT2D eigenvalue weighted by atomic mass is 10.1. The van der Waals surface area contributed by atoms with Gasteiger partial charge in [0.15, 0.2) is 0 Å². The Kier molecular flexibility index (Phi) is 9.24. The van der Waals surface area contributed by atoms with Gasteiger partial charge in [-0.3, -0.25) is 4.79 Å². The first-order valence-electron chi connectivity index (χ1n) is 5.95. The van der Waals surface area contributed by atoms with E-state index in [1.165, 1.54) is 32.6 Å². The first-order chi connectivity index (χ1) is 7.16. The normalized spacial score (nSPS) is 12.1. The molecule has 0 aromatic heterocycles. The molecule has 0 fully saturated rings. The number of carbonyl (C=O) groups is 1. The number of ether oxygens (including phenoxy) is 1. The predicted molar refractivity (Wildman–Crippen MR) is 63.7 cm³/mol. The molecule has 0 unspecified atom stereocenters. The van der Waals surface area contributed by atoms with E-state index in [1.807, 2.05) is 13.0 Å². The smallest absolute Gasteiger partial charge is 0.302 e. The highest BCUT2D eigenvalue weighted by molar-refractivity contribution is 5.66. The Morgan fingerprint density at radius 3 is 2.47 bits per heavy atom. The molecular weight excluding hydrogens is 188 g/mol. The summed E-state index contributed by atoms with van der Waals surface area (Å²) in [5, 5.41) is 0. The van der Waals surface area contributed by atoms with Crippen molar-refractivity contribution in [3.8, 4) is 0 Å². The first-order valence-corrected chi connectivity index (χ1v) is 5.95. The van der Waals surface area contributed by atoms with Crippen molar-refractivity contribution >= 4 is 5.97 Å². The molecule has 0 aliphatic rings. The summed E-state index contributed by atoms with van der Waals surface area (Å²) in [5.41, 5.74) is 0. The average molecular weight is 212 g/mol. The van der Waals surface area contributed by atoms with Crippen LogP contribution in [0.3, 0.4) is 0 Å². The van der Waals surface area contributed by atoms with Gasteiger partial charge >= 0.3 is 5.97 Å². The molecule has 0 amide bonds. The fourth-order valence-corrected chi connectivity index (χ4v) is 1.59. The van der Waals surface area contributed by atoms with E-state index in [0.717, 1.165) is 19.3 Å². The zero-order chi connectivity index (χ0) is 11.5. The van der Waals surface area contributed by atoms with E-state index < -0.39 is 0 Å². The number of rotatable bonds is 9. The van der Waals surface area contributed by atoms with Crippen LogP contribution in [-0.2, 0) is 9.53 Å². The van der Waals surface area contributed by atoms with E-state index in [4.69, 9.17) is 4.74 Å². The second kappa shape index (κ2) is 9.75. The molecule has 0 aromatic carbocycles. The monoisotopic (exact) mass is 212 g/mol. The molecule has 88 valence electrons. The van der Waals surface area contributed by atoms with Crippen LogP contribution in [0.15, 0.2) is 12.7 Å². The highest BCUT2D eigenvalue weighted by atomic mass is 16.5. The Bertz CT molecular complexity index is 175. The number of allylic oxidation sites excluding steroid dienone is 1. The van der Waals surface area contributed by atoms with Crippen molar-refractivity contribution in [2.75, 3.05) is 0 Å². The molecule has 0 spiro atoms. The Hall–Kier alpha value is -0.790. The van der Waals surface area contributed by atoms with Crippen LogP contribution in [0.1, 0.15) is 58.8 Å². The van der Waals surface area contributed by atoms with Crippen molar-refractivity contribution in [3.63, 3.8) is 0 Å². The lowest BCUT2D eigenvalue weighted by Crippen LogP contribution is -2.11. The minimum atomic E-state index is -0.173. The highest BCUT2D eigenvalue weighted by Gasteiger charge is 2.03. The maximum atomic E-state index is 10.6. The molecule has 2 nitrogen and oxygen atoms in total. The summed E-state index contributed by atoms with van der Waals surface area (Å²) in [6.07, 6.45) is 10.4. The van der Waals surface area contributed by atoms with Gasteiger partial charge in [-0.05, 0) is 32.6 Å². The second-order valence-corrected chi connectivity index (χ2v) is 4.05. The minimum Gasteiger partial charge on any atom is -0.463 e. The third-order valence-electron chi connectivity index (χ3n) is 2.39. The fraction of sp³-hybridized carbons (Fsp3) is 0.769. The number of carbonyl (C=O) groups excluding carboxylic acids is 1. The molecular formula is C13H24O2. The molecule has 1 atom stereocenters. The Morgan fingerprint density at radius 2 is 1.87 bits per heavy atom. The van der Waals surface area contributed by atoms with Gasteiger partial charge in [0, 0.05) is 6.92 Å². The fourth-order valence-electron chi connectivity index (χ4n) is 1.59. The summed E-state index contributed by atoms with van der Waals surface area (Å²) < 4.78 is 5.04. The van der Waals surface area contributed by atoms with Crippen molar-refractivity contribution in [2.24, 2.45) is 0 Å². The van der Waals surface area contributed by atoms with Crippen LogP contribution in [0, 0.1) is 0 Å². The number of esters is 1. The average Bonchev–Trinajstić information content (AvgIpc) is 2.15. The van der Waals surface area contributed by atoms with Crippen molar-refractivity contribution in [3.05, 3.63) is 12.7 Å². The molecule has 2 heteroatoms. The molecule has 0 aliphatic heterocycles. The Morgan fingerprint density at radius 1 is 1.27 bits per heavy atom. The third kappa shape index (κ3) is 11.1. The summed E-state index contributed by atoms with van der Waals surface area (Å²) in [4.78, 5) is 10.6. The van der Waals surface area contributed by atoms with Crippen LogP contribution >= 0.6 is 0 Å². The molecule has 0 saturated carbocycles. The molecule has 0 bridgehead atoms. The largest absolute Gasteiger partial charge is 0.463 e. The van der Waals surface area contributed by atoms with Gasteiger partial charge in [-0.15, -0.1) is 6.58 Å². The molecule has 0 N–H and O–H groups in total. The van der Waals surface area contributed by atoms with Gasteiger partial charge in [0.25, 0.3) is 0 Å². The molecule has 0 heterocycles. The summed E-state index contributed by atoms with van der Waals surface area (Å²) in [6, 6.07) is 0. The third-order valence-corrected chi connectivity index (χ3v) is 2.39. The van der Waals surface area contributed by atoms with Gasteiger partial charge in [0.05, 0.1) is 6.10 Å². The number of hydrogen-bond acceptors (Lipinski definition) is 2. The van der Waals surface area contributed by atoms with Gasteiger partial charge in [-0.25, -0.2) is 0 Å². The van der Waals surface area contributed by atoms with Gasteiger partial charge < -0.3 is 4.74 Å². The van der Waals surface area contributed by atoms with Crippen LogP contribution in [0.2, 0.25) is 0 Å². The second-order valence-electron chi connectivity index (χ2n) is 4.05. The summed E-state index contributed by atoms with van der Waals surface area (Å²) >= 11 is 0. The van der Waals surface area contributed by atoms with Crippen LogP contribution in [-0.4, -0.2) is 12.1 Å². The zero-order valence-corrected chi connectivity index (χ0v) is 10.1. The quantitative estimate of drug-likeness (QED) is 0.329. The summed E-state index contributed by atoms with van der Waals surface area (Å²) in [6.45, 7) is 7.12. The van der Waals surface area contributed by atoms with E-state index in [-0.39, 0.29) is 12.1 Å². The lowest BCUT2D eigenvalue weighted by Gasteiger charge is -2.10. The van der Waals surface area contributed by atoms with E-state index in [9.17, 15) is 4.79 Å². The lowest BCUT2D eigenvalue weighted by molar-refractivity contribution is -0.145. The minimum absolute atomic E-state index is 0.0793. The van der Waals surface area contributed by atoms with Gasteiger partial charge in [0.2, 0.25) is 0 Å². The van der Waals surface area contributed by atoms with Crippen molar-refractivity contribution in [2.45, 2.75) is 64.9 Å². The number of hydrogen-bond donors (Lipinski definition) is 0. The number of unbranched alkanes of at least 4 members (excludes halogenated alkanes) is 5. The van der Waals surface area contributed by atoms with Crippen LogP contribution in [0.4, 0.5) is 0 Å². The van der Waals surface area contributed by atoms with E-state index in [1.54, 1.807) is 0 Å². The molecule has 0 saturated heterocycles. The summed E-state index contributed by atoms with van der Waals surface area (Å²) in [7, 11) is 0. The zero-order valence-electron chi connectivity index (χ0n) is 10.1. The van der Waals surface area contributed by atoms with E-state index >= 15 is 0 Å². The highest BCUT2D eigenvalue weighted by Crippen LogP contribution is 2.10. The van der Waals surface area contributed by atoms with Crippen molar-refractivity contribution in [1.29, 1.82) is 0 Å². The van der Waals surface area contributed by atoms with Gasteiger partial charge in [-0.1, -0.05) is 25.3 Å². The van der Waals surface area contributed by atoms with Crippen LogP contribution in [0.5, 0.6) is 0 Å². The SMILES string of the molecule is C=CCCCCCCC[C@@H](C)OC(C)=O. The van der Waals surface area contributed by atoms with E-state index in [2.05, 4.69) is 6.58 Å². The molecule has 0 aromatic rings.